The second kappa shape index (κ2) is 9.09. The molecule has 10 heteroatoms. The Morgan fingerprint density at radius 2 is 1.84 bits per heavy atom. The largest absolute Gasteiger partial charge is 0.379 e. The predicted molar refractivity (Wildman–Crippen MR) is 111 cm³/mol. The van der Waals surface area contributed by atoms with Crippen molar-refractivity contribution in [3.05, 3.63) is 40.3 Å². The van der Waals surface area contributed by atoms with Crippen LogP contribution in [-0.2, 0) is 4.79 Å². The fourth-order valence-electron chi connectivity index (χ4n) is 4.46. The van der Waals surface area contributed by atoms with E-state index in [9.17, 15) is 22.8 Å². The van der Waals surface area contributed by atoms with Gasteiger partial charge >= 0.3 is 6.68 Å². The highest BCUT2D eigenvalue weighted by molar-refractivity contribution is 6.08. The lowest BCUT2D eigenvalue weighted by Crippen LogP contribution is -2.35. The van der Waals surface area contributed by atoms with Crippen LogP contribution < -0.4 is 15.8 Å². The summed E-state index contributed by atoms with van der Waals surface area (Å²) in [6, 6.07) is 7.53. The van der Waals surface area contributed by atoms with Crippen LogP contribution in [0.1, 0.15) is 43.7 Å². The van der Waals surface area contributed by atoms with Crippen LogP contribution in [0.5, 0.6) is 0 Å². The van der Waals surface area contributed by atoms with Crippen molar-refractivity contribution >= 4 is 28.1 Å². The first kappa shape index (κ1) is 21.4. The average molecular weight is 435 g/mol. The Morgan fingerprint density at radius 1 is 1.10 bits per heavy atom. The van der Waals surface area contributed by atoms with Crippen LogP contribution >= 0.6 is 0 Å². The number of alkyl halides is 3. The third kappa shape index (κ3) is 4.43. The molecule has 2 N–H and O–H groups in total. The Hall–Kier alpha value is -2.88. The lowest BCUT2D eigenvalue weighted by Gasteiger charge is -2.27. The second-order valence-electron chi connectivity index (χ2n) is 7.76. The number of carbonyl (C=O) groups excluding carboxylic acids is 1. The van der Waals surface area contributed by atoms with E-state index in [2.05, 4.69) is 10.3 Å². The summed E-state index contributed by atoms with van der Waals surface area (Å²) >= 11 is 0. The fourth-order valence-corrected chi connectivity index (χ4v) is 4.46. The maximum atomic E-state index is 12.5. The molecule has 0 atom stereocenters. The highest BCUT2D eigenvalue weighted by Crippen LogP contribution is 2.33. The third-order valence-corrected chi connectivity index (χ3v) is 5.81. The van der Waals surface area contributed by atoms with Crippen molar-refractivity contribution in [2.24, 2.45) is 0 Å². The van der Waals surface area contributed by atoms with Gasteiger partial charge in [-0.05, 0) is 50.9 Å². The molecule has 0 aliphatic carbocycles. The van der Waals surface area contributed by atoms with E-state index in [1.807, 2.05) is 27.6 Å². The van der Waals surface area contributed by atoms with Gasteiger partial charge in [0, 0.05) is 24.9 Å². The van der Waals surface area contributed by atoms with E-state index >= 15 is 0 Å². The molecule has 31 heavy (non-hydrogen) atoms. The number of hydrogen-bond donors (Lipinski definition) is 2. The first-order valence-electron chi connectivity index (χ1n) is 10.4. The van der Waals surface area contributed by atoms with Crippen LogP contribution in [0.2, 0.25) is 0 Å². The number of benzene rings is 1. The molecule has 5 rings (SSSR count). The predicted octanol–water partition coefficient (Wildman–Crippen LogP) is 3.34. The normalized spacial score (nSPS) is 17.9. The lowest BCUT2D eigenvalue weighted by molar-refractivity contribution is -0.119. The Labute approximate surface area is 176 Å². The van der Waals surface area contributed by atoms with E-state index in [1.54, 1.807) is 6.07 Å². The molecule has 0 radical (unpaired) electrons. The number of H-pyrrole nitrogens is 1. The lowest BCUT2D eigenvalue weighted by atomic mass is 9.94. The Bertz CT molecular complexity index is 1130. The smallest absolute Gasteiger partial charge is 0.317 e. The van der Waals surface area contributed by atoms with Gasteiger partial charge in [0.05, 0.1) is 22.3 Å². The Kier molecular flexibility index (Phi) is 6.26. The van der Waals surface area contributed by atoms with Crippen LogP contribution in [0.4, 0.5) is 18.9 Å². The summed E-state index contributed by atoms with van der Waals surface area (Å²) in [6.07, 6.45) is 4.50. The van der Waals surface area contributed by atoms with Crippen LogP contribution in [0, 0.1) is 0 Å². The van der Waals surface area contributed by atoms with Crippen molar-refractivity contribution in [3.8, 4) is 0 Å². The Balaban J connectivity index is 0.000000535. The van der Waals surface area contributed by atoms with Gasteiger partial charge in [0.25, 0.3) is 5.56 Å². The number of amides is 1. The Morgan fingerprint density at radius 3 is 2.55 bits per heavy atom. The maximum absolute atomic E-state index is 12.5. The third-order valence-electron chi connectivity index (χ3n) is 5.81. The van der Waals surface area contributed by atoms with Gasteiger partial charge in [0.1, 0.15) is 5.65 Å². The summed E-state index contributed by atoms with van der Waals surface area (Å²) < 4.78 is 30.9. The number of hydrogen-bond acceptors (Lipinski definition) is 4. The van der Waals surface area contributed by atoms with E-state index in [1.165, 1.54) is 0 Å². The van der Waals surface area contributed by atoms with E-state index in [0.717, 1.165) is 61.1 Å². The molecule has 0 unspecified atom stereocenters. The van der Waals surface area contributed by atoms with Gasteiger partial charge in [0.15, 0.2) is 0 Å². The van der Waals surface area contributed by atoms with E-state index in [0.29, 0.717) is 24.5 Å². The molecule has 2 aliphatic heterocycles. The number of halogens is 3. The zero-order valence-corrected chi connectivity index (χ0v) is 16.9. The number of nitrogens with zero attached hydrogens (tertiary/aromatic N) is 3. The highest BCUT2D eigenvalue weighted by atomic mass is 19.4. The molecule has 1 aromatic carbocycles. The molecule has 0 saturated carbocycles. The minimum absolute atomic E-state index is 0.113. The summed E-state index contributed by atoms with van der Waals surface area (Å²) in [4.78, 5) is 29.8. The van der Waals surface area contributed by atoms with Gasteiger partial charge in [-0.25, -0.2) is 4.52 Å². The molecule has 0 spiro atoms. The number of nitrogens with one attached hydrogen (secondary N) is 2. The molecule has 2 fully saturated rings. The zero-order valence-electron chi connectivity index (χ0n) is 16.9. The van der Waals surface area contributed by atoms with Crippen LogP contribution in [0.25, 0.3) is 16.6 Å². The zero-order chi connectivity index (χ0) is 22.0. The van der Waals surface area contributed by atoms with Crippen molar-refractivity contribution in [2.75, 3.05) is 24.5 Å². The molecule has 7 nitrogen and oxygen atoms in total. The molecule has 2 aromatic heterocycles. The van der Waals surface area contributed by atoms with Gasteiger partial charge in [-0.3, -0.25) is 9.59 Å². The molecule has 0 bridgehead atoms. The number of piperidine rings is 2. The van der Waals surface area contributed by atoms with Crippen molar-refractivity contribution < 1.29 is 18.0 Å². The second-order valence-corrected chi connectivity index (χ2v) is 7.76. The topological polar surface area (TPSA) is 82.5 Å². The average Bonchev–Trinajstić information content (AvgIpc) is 3.12. The SMILES string of the molecule is FC(F)F.O=C1CCCCN1c1cccc2nn3c(C4CCNCC4)cc(=O)[nH]c3c12. The number of rotatable bonds is 2. The minimum Gasteiger partial charge on any atom is -0.317 e. The van der Waals surface area contributed by atoms with Crippen molar-refractivity contribution in [1.29, 1.82) is 0 Å². The van der Waals surface area contributed by atoms with Crippen molar-refractivity contribution in [1.82, 2.24) is 19.9 Å². The number of aromatic nitrogens is 3. The number of aromatic amines is 1. The summed E-state index contributed by atoms with van der Waals surface area (Å²) in [5, 5.41) is 9.03. The van der Waals surface area contributed by atoms with Crippen LogP contribution in [0.3, 0.4) is 0 Å². The first-order valence-corrected chi connectivity index (χ1v) is 10.4. The van der Waals surface area contributed by atoms with E-state index in [-0.39, 0.29) is 11.5 Å². The van der Waals surface area contributed by atoms with Gasteiger partial charge < -0.3 is 15.2 Å². The van der Waals surface area contributed by atoms with Gasteiger partial charge in [-0.15, -0.1) is 0 Å². The summed E-state index contributed by atoms with van der Waals surface area (Å²) in [6.45, 7) is -1.05. The highest BCUT2D eigenvalue weighted by Gasteiger charge is 2.25. The van der Waals surface area contributed by atoms with Crippen LogP contribution in [0.15, 0.2) is 29.1 Å². The summed E-state index contributed by atoms with van der Waals surface area (Å²) in [7, 11) is 0. The van der Waals surface area contributed by atoms with Gasteiger partial charge in [0.2, 0.25) is 5.91 Å². The van der Waals surface area contributed by atoms with Crippen molar-refractivity contribution in [2.45, 2.75) is 44.7 Å². The van der Waals surface area contributed by atoms with Crippen molar-refractivity contribution in [3.63, 3.8) is 0 Å². The molecule has 4 heterocycles. The number of anilines is 1. The van der Waals surface area contributed by atoms with Gasteiger partial charge in [-0.1, -0.05) is 6.07 Å². The standard InChI is InChI=1S/C20H23N5O2.CHF3/c26-17-12-16(13-7-9-21-10-8-13)25-20(22-17)19-14(23-25)4-3-5-15(19)24-11-2-1-6-18(24)27;2-1(3)4/h3-5,12-13,21H,1-2,6-11H2,(H,22,26);1H. The molecule has 1 amide bonds. The van der Waals surface area contributed by atoms with Gasteiger partial charge in [-0.2, -0.15) is 18.3 Å². The van der Waals surface area contributed by atoms with E-state index in [4.69, 9.17) is 5.10 Å². The monoisotopic (exact) mass is 435 g/mol. The van der Waals surface area contributed by atoms with Crippen LogP contribution in [-0.4, -0.2) is 46.8 Å². The summed E-state index contributed by atoms with van der Waals surface area (Å²) in [5.41, 5.74) is 3.20. The molecular formula is C21H24F3N5O2. The maximum Gasteiger partial charge on any atom is 0.379 e. The first-order chi connectivity index (χ1) is 15.0. The molecule has 2 saturated heterocycles. The van der Waals surface area contributed by atoms with E-state index < -0.39 is 6.68 Å². The molecule has 3 aromatic rings. The number of carbonyl (C=O) groups is 1. The molecule has 2 aliphatic rings. The fraction of sp³-hybridized carbons (Fsp3) is 0.476. The minimum atomic E-state index is -3.67. The quantitative estimate of drug-likeness (QED) is 0.647. The molecule has 166 valence electrons. The molecular weight excluding hydrogens is 411 g/mol. The number of fused-ring (bicyclic) bond motifs is 3. The summed E-state index contributed by atoms with van der Waals surface area (Å²) in [5.74, 6) is 0.454.